The first-order chi connectivity index (χ1) is 15.0. The minimum Gasteiger partial charge on any atom is -0.352 e. The van der Waals surface area contributed by atoms with Gasteiger partial charge in [-0.3, -0.25) is 0 Å². The van der Waals surface area contributed by atoms with E-state index >= 15 is 0 Å². The number of hydrogen-bond donors (Lipinski definition) is 0. The average Bonchev–Trinajstić information content (AvgIpc) is 3.24. The zero-order chi connectivity index (χ0) is 21.4. The second-order valence-electron chi connectivity index (χ2n) is 7.05. The maximum Gasteiger partial charge on any atom is 0.243 e. The molecule has 3 heterocycles. The van der Waals surface area contributed by atoms with Gasteiger partial charge in [-0.2, -0.15) is 8.99 Å². The van der Waals surface area contributed by atoms with E-state index in [-0.39, 0.29) is 0 Å². The molecule has 0 amide bonds. The molecular formula is C20H18BrN7O2S. The molecule has 11 heteroatoms. The van der Waals surface area contributed by atoms with Gasteiger partial charge in [0.15, 0.2) is 17.0 Å². The van der Waals surface area contributed by atoms with E-state index in [1.165, 1.54) is 10.6 Å². The number of halogens is 1. The third-order valence-electron chi connectivity index (χ3n) is 5.21. The Kier molecular flexibility index (Phi) is 5.16. The molecule has 1 saturated heterocycles. The van der Waals surface area contributed by atoms with E-state index in [4.69, 9.17) is 0 Å². The van der Waals surface area contributed by atoms with Gasteiger partial charge in [-0.15, -0.1) is 5.10 Å². The van der Waals surface area contributed by atoms with Crippen LogP contribution in [0.25, 0.3) is 16.9 Å². The van der Waals surface area contributed by atoms with Crippen LogP contribution < -0.4 is 4.90 Å². The lowest BCUT2D eigenvalue weighted by Gasteiger charge is -2.34. The van der Waals surface area contributed by atoms with Gasteiger partial charge in [-0.1, -0.05) is 39.3 Å². The monoisotopic (exact) mass is 499 g/mol. The molecule has 0 aliphatic carbocycles. The van der Waals surface area contributed by atoms with E-state index in [1.54, 1.807) is 28.9 Å². The maximum absolute atomic E-state index is 13.0. The van der Waals surface area contributed by atoms with Gasteiger partial charge >= 0.3 is 0 Å². The molecule has 5 rings (SSSR count). The van der Waals surface area contributed by atoms with Crippen LogP contribution in [-0.2, 0) is 10.0 Å². The molecule has 0 unspecified atom stereocenters. The molecule has 0 bridgehead atoms. The van der Waals surface area contributed by atoms with Gasteiger partial charge in [0.05, 0.1) is 10.6 Å². The zero-order valence-electron chi connectivity index (χ0n) is 16.3. The third-order valence-corrected chi connectivity index (χ3v) is 7.65. The van der Waals surface area contributed by atoms with Crippen molar-refractivity contribution in [1.29, 1.82) is 0 Å². The van der Waals surface area contributed by atoms with E-state index in [0.717, 1.165) is 10.2 Å². The fraction of sp³-hybridized carbons (Fsp3) is 0.200. The van der Waals surface area contributed by atoms with Crippen LogP contribution in [0, 0.1) is 0 Å². The summed E-state index contributed by atoms with van der Waals surface area (Å²) in [6.45, 7) is 1.72. The highest BCUT2D eigenvalue weighted by molar-refractivity contribution is 9.10. The number of nitrogens with zero attached hydrogens (tertiary/aromatic N) is 7. The summed E-state index contributed by atoms with van der Waals surface area (Å²) in [4.78, 5) is 11.1. The first-order valence-corrected chi connectivity index (χ1v) is 11.9. The molecule has 0 saturated carbocycles. The first kappa shape index (κ1) is 20.0. The Labute approximate surface area is 187 Å². The van der Waals surface area contributed by atoms with Crippen LogP contribution in [0.1, 0.15) is 0 Å². The van der Waals surface area contributed by atoms with Crippen molar-refractivity contribution < 1.29 is 8.42 Å². The molecule has 1 aliphatic rings. The summed E-state index contributed by atoms with van der Waals surface area (Å²) in [7, 11) is -3.54. The molecule has 1 fully saturated rings. The predicted octanol–water partition coefficient (Wildman–Crippen LogP) is 2.48. The Hall–Kier alpha value is -2.89. The fourth-order valence-corrected chi connectivity index (χ4v) is 5.29. The molecule has 2 aromatic heterocycles. The smallest absolute Gasteiger partial charge is 0.243 e. The van der Waals surface area contributed by atoms with E-state index in [1.807, 2.05) is 35.2 Å². The van der Waals surface area contributed by atoms with Gasteiger partial charge in [0.2, 0.25) is 10.0 Å². The van der Waals surface area contributed by atoms with Crippen LogP contribution in [0.15, 0.2) is 70.3 Å². The van der Waals surface area contributed by atoms with Crippen molar-refractivity contribution in [3.63, 3.8) is 0 Å². The minimum absolute atomic E-state index is 0.291. The van der Waals surface area contributed by atoms with Crippen LogP contribution in [0.4, 0.5) is 5.82 Å². The Balaban J connectivity index is 1.39. The van der Waals surface area contributed by atoms with Crippen molar-refractivity contribution in [2.75, 3.05) is 31.1 Å². The highest BCUT2D eigenvalue weighted by Gasteiger charge is 2.30. The zero-order valence-corrected chi connectivity index (χ0v) is 18.7. The van der Waals surface area contributed by atoms with Gasteiger partial charge in [0.25, 0.3) is 0 Å². The van der Waals surface area contributed by atoms with Gasteiger partial charge < -0.3 is 4.90 Å². The van der Waals surface area contributed by atoms with Crippen LogP contribution >= 0.6 is 15.9 Å². The topological polar surface area (TPSA) is 97.1 Å². The first-order valence-electron chi connectivity index (χ1n) is 9.66. The lowest BCUT2D eigenvalue weighted by atomic mass is 10.3. The molecule has 0 atom stereocenters. The minimum atomic E-state index is -3.54. The Bertz CT molecular complexity index is 1320. The summed E-state index contributed by atoms with van der Waals surface area (Å²) in [5.41, 5.74) is 2.07. The molecule has 0 radical (unpaired) electrons. The number of anilines is 1. The molecular weight excluding hydrogens is 482 g/mol. The predicted molar refractivity (Wildman–Crippen MR) is 120 cm³/mol. The summed E-state index contributed by atoms with van der Waals surface area (Å²) >= 11 is 3.34. The number of rotatable bonds is 4. The fourth-order valence-electron chi connectivity index (χ4n) is 3.61. The van der Waals surface area contributed by atoms with E-state index in [2.05, 4.69) is 36.2 Å². The number of fused-ring (bicyclic) bond motifs is 1. The van der Waals surface area contributed by atoms with Crippen LogP contribution in [-0.4, -0.2) is 63.9 Å². The Morgan fingerprint density at radius 2 is 1.58 bits per heavy atom. The lowest BCUT2D eigenvalue weighted by Crippen LogP contribution is -2.49. The molecule has 31 heavy (non-hydrogen) atoms. The third kappa shape index (κ3) is 3.68. The van der Waals surface area contributed by atoms with E-state index < -0.39 is 10.0 Å². The average molecular weight is 500 g/mol. The van der Waals surface area contributed by atoms with Gasteiger partial charge in [-0.05, 0) is 36.4 Å². The van der Waals surface area contributed by atoms with E-state index in [9.17, 15) is 8.42 Å². The number of hydrogen-bond acceptors (Lipinski definition) is 7. The van der Waals surface area contributed by atoms with Crippen molar-refractivity contribution in [2.45, 2.75) is 4.90 Å². The van der Waals surface area contributed by atoms with Gasteiger partial charge in [-0.25, -0.2) is 18.4 Å². The van der Waals surface area contributed by atoms with Crippen molar-refractivity contribution in [2.24, 2.45) is 0 Å². The lowest BCUT2D eigenvalue weighted by molar-refractivity contribution is 0.384. The largest absolute Gasteiger partial charge is 0.352 e. The summed E-state index contributed by atoms with van der Waals surface area (Å²) in [6.07, 6.45) is 1.49. The highest BCUT2D eigenvalue weighted by Crippen LogP contribution is 2.25. The van der Waals surface area contributed by atoms with Crippen molar-refractivity contribution in [3.8, 4) is 5.69 Å². The molecule has 0 spiro atoms. The summed E-state index contributed by atoms with van der Waals surface area (Å²) < 4.78 is 29.9. The van der Waals surface area contributed by atoms with Crippen molar-refractivity contribution >= 4 is 42.9 Å². The summed E-state index contributed by atoms with van der Waals surface area (Å²) in [5.74, 6) is 0.660. The second-order valence-corrected chi connectivity index (χ2v) is 9.90. The van der Waals surface area contributed by atoms with Gasteiger partial charge in [0.1, 0.15) is 6.33 Å². The van der Waals surface area contributed by atoms with Crippen LogP contribution in [0.3, 0.4) is 0 Å². The number of para-hydroxylation sites is 1. The summed E-state index contributed by atoms with van der Waals surface area (Å²) in [5, 5.41) is 8.55. The van der Waals surface area contributed by atoms with Gasteiger partial charge in [0, 0.05) is 30.7 Å². The number of piperazine rings is 1. The quantitative estimate of drug-likeness (QED) is 0.425. The van der Waals surface area contributed by atoms with Crippen LogP contribution in [0.2, 0.25) is 0 Å². The molecule has 9 nitrogen and oxygen atoms in total. The highest BCUT2D eigenvalue weighted by atomic mass is 79.9. The second kappa shape index (κ2) is 7.98. The molecule has 158 valence electrons. The van der Waals surface area contributed by atoms with Crippen LogP contribution in [0.5, 0.6) is 0 Å². The van der Waals surface area contributed by atoms with Crippen molar-refractivity contribution in [3.05, 3.63) is 65.4 Å². The molecule has 1 aliphatic heterocycles. The Morgan fingerprint density at radius 1 is 0.871 bits per heavy atom. The number of benzene rings is 2. The summed E-state index contributed by atoms with van der Waals surface area (Å²) in [6, 6.07) is 16.3. The van der Waals surface area contributed by atoms with E-state index in [0.29, 0.717) is 48.1 Å². The standard InChI is InChI=1S/C20H18BrN7O2S/c21-15-6-8-17(9-7-15)31(29,30)27-12-10-26(11-13-27)19-18-20(23-14-22-19)28(25-24-18)16-4-2-1-3-5-16/h1-9,14H,10-13H2. The normalized spacial score (nSPS) is 15.5. The van der Waals surface area contributed by atoms with Crippen molar-refractivity contribution in [1.82, 2.24) is 29.3 Å². The number of aromatic nitrogens is 5. The molecule has 4 aromatic rings. The SMILES string of the molecule is O=S(=O)(c1ccc(Br)cc1)N1CCN(c2ncnc3c2nnn3-c2ccccc2)CC1. The Morgan fingerprint density at radius 3 is 2.29 bits per heavy atom. The number of sulfonamides is 1. The maximum atomic E-state index is 13.0. The molecule has 0 N–H and O–H groups in total. The molecule has 2 aromatic carbocycles.